The molecule has 1 aromatic carbocycles. The van der Waals surface area contributed by atoms with Crippen molar-refractivity contribution in [3.63, 3.8) is 0 Å². The number of amides is 1. The minimum Gasteiger partial charge on any atom is -0.322 e. The number of rotatable bonds is 2. The fourth-order valence-corrected chi connectivity index (χ4v) is 0.869. The molecule has 3 nitrogen and oxygen atoms in total. The van der Waals surface area contributed by atoms with Crippen molar-refractivity contribution in [1.29, 1.82) is 0 Å². The second-order valence-electron chi connectivity index (χ2n) is 3.00. The largest absolute Gasteiger partial charge is 0.322 e. The number of hydrogen-bond donors (Lipinski definition) is 2. The number of hydrogen-bond acceptors (Lipinski definition) is 2. The minimum atomic E-state index is -1.63. The molecule has 0 aliphatic rings. The Bertz CT molecular complexity index is 393. The van der Waals surface area contributed by atoms with Gasteiger partial charge in [-0.3, -0.25) is 4.79 Å². The molecule has 1 aromatic rings. The standard InChI is InChI=1S/C9H9F3N2O/c1-4(13)9(15)14-6-3-2-5(10)7(11)8(6)12/h2-4H,13H2,1H3,(H,14,15)/t4-/m0/s1. The molecule has 3 N–H and O–H groups in total. The first-order valence-electron chi connectivity index (χ1n) is 4.13. The summed E-state index contributed by atoms with van der Waals surface area (Å²) in [4.78, 5) is 11.0. The Labute approximate surface area is 84.1 Å². The molecule has 1 atom stereocenters. The van der Waals surface area contributed by atoms with Crippen LogP contribution in [0, 0.1) is 17.5 Å². The van der Waals surface area contributed by atoms with E-state index in [1.165, 1.54) is 6.92 Å². The fourth-order valence-electron chi connectivity index (χ4n) is 0.869. The van der Waals surface area contributed by atoms with Crippen molar-refractivity contribution in [2.24, 2.45) is 5.73 Å². The Balaban J connectivity index is 2.97. The second kappa shape index (κ2) is 4.31. The fraction of sp³-hybridized carbons (Fsp3) is 0.222. The van der Waals surface area contributed by atoms with Gasteiger partial charge in [0.1, 0.15) is 0 Å². The van der Waals surface area contributed by atoms with Crippen LogP contribution in [-0.2, 0) is 4.79 Å². The van der Waals surface area contributed by atoms with Crippen molar-refractivity contribution in [2.75, 3.05) is 5.32 Å². The molecule has 1 amide bonds. The lowest BCUT2D eigenvalue weighted by atomic mass is 10.2. The molecule has 0 aromatic heterocycles. The Hall–Kier alpha value is -1.56. The molecule has 0 aliphatic carbocycles. The van der Waals surface area contributed by atoms with E-state index in [4.69, 9.17) is 5.73 Å². The lowest BCUT2D eigenvalue weighted by Gasteiger charge is -2.08. The number of carbonyl (C=O) groups is 1. The molecule has 6 heteroatoms. The summed E-state index contributed by atoms with van der Waals surface area (Å²) in [6.07, 6.45) is 0. The normalized spacial score (nSPS) is 12.3. The maximum atomic E-state index is 13.0. The summed E-state index contributed by atoms with van der Waals surface area (Å²) in [5.74, 6) is -5.06. The predicted octanol–water partition coefficient (Wildman–Crippen LogP) is 1.39. The SMILES string of the molecule is C[C@H](N)C(=O)Nc1ccc(F)c(F)c1F. The smallest absolute Gasteiger partial charge is 0.241 e. The maximum absolute atomic E-state index is 13.0. The maximum Gasteiger partial charge on any atom is 0.241 e. The summed E-state index contributed by atoms with van der Waals surface area (Å²) in [7, 11) is 0. The number of nitrogens with two attached hydrogens (primary N) is 1. The molecule has 0 heterocycles. The number of anilines is 1. The van der Waals surface area contributed by atoms with Gasteiger partial charge in [0.05, 0.1) is 11.7 Å². The summed E-state index contributed by atoms with van der Waals surface area (Å²) in [6.45, 7) is 1.38. The van der Waals surface area contributed by atoms with E-state index in [0.717, 1.165) is 12.1 Å². The third-order valence-corrected chi connectivity index (χ3v) is 1.71. The molecule has 1 rings (SSSR count). The second-order valence-corrected chi connectivity index (χ2v) is 3.00. The molecule has 0 aliphatic heterocycles. The average molecular weight is 218 g/mol. The topological polar surface area (TPSA) is 55.1 Å². The molecular formula is C9H9F3N2O. The molecular weight excluding hydrogens is 209 g/mol. The zero-order valence-electron chi connectivity index (χ0n) is 7.85. The average Bonchev–Trinajstić information content (AvgIpc) is 2.18. The van der Waals surface area contributed by atoms with Crippen LogP contribution in [0.5, 0.6) is 0 Å². The highest BCUT2D eigenvalue weighted by Gasteiger charge is 2.16. The number of carbonyl (C=O) groups excluding carboxylic acids is 1. The molecule has 82 valence electrons. The number of benzene rings is 1. The summed E-state index contributed by atoms with van der Waals surface area (Å²) in [6, 6.07) is 0.779. The lowest BCUT2D eigenvalue weighted by molar-refractivity contribution is -0.117. The Morgan fingerprint density at radius 1 is 1.33 bits per heavy atom. The van der Waals surface area contributed by atoms with E-state index in [9.17, 15) is 18.0 Å². The first-order valence-corrected chi connectivity index (χ1v) is 4.13. The monoisotopic (exact) mass is 218 g/mol. The van der Waals surface area contributed by atoms with E-state index in [1.54, 1.807) is 0 Å². The molecule has 15 heavy (non-hydrogen) atoms. The van der Waals surface area contributed by atoms with Crippen LogP contribution in [0.2, 0.25) is 0 Å². The van der Waals surface area contributed by atoms with Crippen LogP contribution in [0.25, 0.3) is 0 Å². The van der Waals surface area contributed by atoms with E-state index in [-0.39, 0.29) is 0 Å². The van der Waals surface area contributed by atoms with Gasteiger partial charge in [-0.25, -0.2) is 13.2 Å². The molecule has 0 saturated heterocycles. The van der Waals surface area contributed by atoms with Gasteiger partial charge in [-0.15, -0.1) is 0 Å². The number of nitrogens with one attached hydrogen (secondary N) is 1. The molecule has 0 radical (unpaired) electrons. The van der Waals surface area contributed by atoms with Crippen LogP contribution in [-0.4, -0.2) is 11.9 Å². The third-order valence-electron chi connectivity index (χ3n) is 1.71. The van der Waals surface area contributed by atoms with Crippen molar-refractivity contribution < 1.29 is 18.0 Å². The van der Waals surface area contributed by atoms with Gasteiger partial charge in [-0.2, -0.15) is 0 Å². The van der Waals surface area contributed by atoms with E-state index >= 15 is 0 Å². The van der Waals surface area contributed by atoms with Crippen molar-refractivity contribution in [3.05, 3.63) is 29.6 Å². The van der Waals surface area contributed by atoms with Crippen LogP contribution in [0.4, 0.5) is 18.9 Å². The quantitative estimate of drug-likeness (QED) is 0.737. The van der Waals surface area contributed by atoms with Crippen LogP contribution < -0.4 is 11.1 Å². The number of halogens is 3. The van der Waals surface area contributed by atoms with Crippen LogP contribution in [0.1, 0.15) is 6.92 Å². The van der Waals surface area contributed by atoms with Gasteiger partial charge in [0.15, 0.2) is 17.5 Å². The van der Waals surface area contributed by atoms with E-state index < -0.39 is 35.1 Å². The van der Waals surface area contributed by atoms with Crippen LogP contribution >= 0.6 is 0 Å². The summed E-state index contributed by atoms with van der Waals surface area (Å²) >= 11 is 0. The zero-order chi connectivity index (χ0) is 11.6. The minimum absolute atomic E-state index is 0.434. The highest BCUT2D eigenvalue weighted by molar-refractivity contribution is 5.94. The van der Waals surface area contributed by atoms with Crippen molar-refractivity contribution in [1.82, 2.24) is 0 Å². The first kappa shape index (κ1) is 11.5. The third kappa shape index (κ3) is 2.47. The van der Waals surface area contributed by atoms with Gasteiger partial charge in [0.25, 0.3) is 0 Å². The lowest BCUT2D eigenvalue weighted by Crippen LogP contribution is -2.32. The van der Waals surface area contributed by atoms with Crippen molar-refractivity contribution in [3.8, 4) is 0 Å². The zero-order valence-corrected chi connectivity index (χ0v) is 7.85. The van der Waals surface area contributed by atoms with Crippen LogP contribution in [0.3, 0.4) is 0 Å². The molecule has 0 fully saturated rings. The van der Waals surface area contributed by atoms with E-state index in [2.05, 4.69) is 0 Å². The van der Waals surface area contributed by atoms with Gasteiger partial charge < -0.3 is 11.1 Å². The van der Waals surface area contributed by atoms with Crippen molar-refractivity contribution >= 4 is 11.6 Å². The Morgan fingerprint density at radius 2 is 1.93 bits per heavy atom. The summed E-state index contributed by atoms with van der Waals surface area (Å²) in [5.41, 5.74) is 4.77. The molecule has 0 bridgehead atoms. The molecule has 0 saturated carbocycles. The van der Waals surface area contributed by atoms with Gasteiger partial charge in [0.2, 0.25) is 5.91 Å². The van der Waals surface area contributed by atoms with Gasteiger partial charge in [-0.1, -0.05) is 0 Å². The summed E-state index contributed by atoms with van der Waals surface area (Å²) < 4.78 is 38.2. The Morgan fingerprint density at radius 3 is 2.47 bits per heavy atom. The summed E-state index contributed by atoms with van der Waals surface area (Å²) in [5, 5.41) is 2.03. The van der Waals surface area contributed by atoms with Crippen LogP contribution in [0.15, 0.2) is 12.1 Å². The predicted molar refractivity (Wildman–Crippen MR) is 48.6 cm³/mol. The molecule has 0 unspecified atom stereocenters. The first-order chi connectivity index (χ1) is 6.93. The van der Waals surface area contributed by atoms with E-state index in [1.807, 2.05) is 5.32 Å². The molecule has 0 spiro atoms. The highest BCUT2D eigenvalue weighted by atomic mass is 19.2. The van der Waals surface area contributed by atoms with Gasteiger partial charge in [-0.05, 0) is 19.1 Å². The van der Waals surface area contributed by atoms with Gasteiger partial charge in [0, 0.05) is 0 Å². The van der Waals surface area contributed by atoms with Crippen molar-refractivity contribution in [2.45, 2.75) is 13.0 Å². The Kier molecular flexibility index (Phi) is 3.31. The van der Waals surface area contributed by atoms with Gasteiger partial charge >= 0.3 is 0 Å². The highest BCUT2D eigenvalue weighted by Crippen LogP contribution is 2.19. The van der Waals surface area contributed by atoms with E-state index in [0.29, 0.717) is 0 Å².